The molecule has 0 saturated carbocycles. The number of carbonyl (C=O) groups excluding carboxylic acids is 1. The summed E-state index contributed by atoms with van der Waals surface area (Å²) < 4.78 is 14.7. The summed E-state index contributed by atoms with van der Waals surface area (Å²) >= 11 is 2.25. The number of aromatic nitrogens is 2. The number of carboxylic acid groups (broad SMARTS) is 2. The van der Waals surface area contributed by atoms with E-state index in [9.17, 15) is 23.6 Å². The molecular weight excluding hydrogens is 475 g/mol. The lowest BCUT2D eigenvalue weighted by atomic mass is 10.1. The topological polar surface area (TPSA) is 175 Å². The minimum Gasteiger partial charge on any atom is -0.481 e. The summed E-state index contributed by atoms with van der Waals surface area (Å²) in [4.78, 5) is 53.9. The van der Waals surface area contributed by atoms with Crippen LogP contribution in [0.2, 0.25) is 0 Å². The highest BCUT2D eigenvalue weighted by molar-refractivity contribution is 7.18. The number of rotatable bonds is 11. The number of nitrogens with two attached hydrogens (primary N) is 1. The van der Waals surface area contributed by atoms with E-state index in [1.807, 2.05) is 0 Å². The average Bonchev–Trinajstić information content (AvgIpc) is 3.31. The Balaban J connectivity index is 1.54. The SMILES string of the molecule is Nc1nc2sc(CCCCc3csc(C(=O)N[C@@H](CCC(=O)O)C(=O)O)c3F)cc2c(=O)[nH]1. The van der Waals surface area contributed by atoms with Gasteiger partial charge in [-0.15, -0.1) is 22.7 Å². The maximum absolute atomic E-state index is 14.7. The summed E-state index contributed by atoms with van der Waals surface area (Å²) in [7, 11) is 0. The number of thiophene rings is 2. The number of fused-ring (bicyclic) bond motifs is 1. The molecule has 1 atom stereocenters. The zero-order valence-corrected chi connectivity index (χ0v) is 18.9. The molecule has 3 aromatic rings. The molecule has 0 fully saturated rings. The van der Waals surface area contributed by atoms with Crippen molar-refractivity contribution < 1.29 is 29.0 Å². The first-order valence-corrected chi connectivity index (χ1v) is 11.6. The number of hydrogen-bond acceptors (Lipinski definition) is 8. The minimum atomic E-state index is -1.42. The van der Waals surface area contributed by atoms with Crippen LogP contribution in [0.3, 0.4) is 0 Å². The number of carboxylic acids is 2. The van der Waals surface area contributed by atoms with Gasteiger partial charge in [-0.2, -0.15) is 0 Å². The van der Waals surface area contributed by atoms with E-state index in [0.717, 1.165) is 16.2 Å². The van der Waals surface area contributed by atoms with Gasteiger partial charge in [-0.25, -0.2) is 14.2 Å². The number of anilines is 1. The molecule has 0 saturated heterocycles. The van der Waals surface area contributed by atoms with Crippen LogP contribution in [-0.4, -0.2) is 44.1 Å². The number of H-pyrrole nitrogens is 1. The van der Waals surface area contributed by atoms with Gasteiger partial charge in [-0.05, 0) is 49.1 Å². The first kappa shape index (κ1) is 24.3. The Bertz CT molecular complexity index is 1250. The lowest BCUT2D eigenvalue weighted by Gasteiger charge is -2.12. The molecule has 0 aliphatic heterocycles. The van der Waals surface area contributed by atoms with E-state index in [1.54, 1.807) is 6.07 Å². The lowest BCUT2D eigenvalue weighted by molar-refractivity contribution is -0.140. The fraction of sp³-hybridized carbons (Fsp3) is 0.350. The quantitative estimate of drug-likeness (QED) is 0.251. The molecule has 3 heterocycles. The summed E-state index contributed by atoms with van der Waals surface area (Å²) in [6.07, 6.45) is 1.66. The van der Waals surface area contributed by atoms with E-state index in [1.165, 1.54) is 16.7 Å². The molecule has 0 aliphatic rings. The number of halogens is 1. The second kappa shape index (κ2) is 10.5. The Labute approximate surface area is 194 Å². The van der Waals surface area contributed by atoms with Gasteiger partial charge in [0.05, 0.1) is 5.39 Å². The number of unbranched alkanes of at least 4 members (excludes halogenated alkanes) is 1. The zero-order valence-electron chi connectivity index (χ0n) is 17.2. The maximum Gasteiger partial charge on any atom is 0.326 e. The molecule has 13 heteroatoms. The van der Waals surface area contributed by atoms with Crippen molar-refractivity contribution in [1.82, 2.24) is 15.3 Å². The van der Waals surface area contributed by atoms with Crippen LogP contribution in [-0.2, 0) is 22.4 Å². The van der Waals surface area contributed by atoms with Gasteiger partial charge >= 0.3 is 11.9 Å². The van der Waals surface area contributed by atoms with Gasteiger partial charge in [0, 0.05) is 11.3 Å². The molecule has 0 aromatic carbocycles. The summed E-state index contributed by atoms with van der Waals surface area (Å²) in [6, 6.07) is 0.346. The third-order valence-electron chi connectivity index (χ3n) is 4.85. The van der Waals surface area contributed by atoms with Gasteiger partial charge in [-0.1, -0.05) is 0 Å². The molecule has 0 aliphatic carbocycles. The van der Waals surface area contributed by atoms with E-state index in [-0.39, 0.29) is 22.8 Å². The van der Waals surface area contributed by atoms with Gasteiger partial charge in [0.25, 0.3) is 11.5 Å². The number of nitrogen functional groups attached to an aromatic ring is 1. The van der Waals surface area contributed by atoms with E-state index in [2.05, 4.69) is 15.3 Å². The number of aliphatic carboxylic acids is 2. The molecule has 0 bridgehead atoms. The fourth-order valence-electron chi connectivity index (χ4n) is 3.19. The Kier molecular flexibility index (Phi) is 7.76. The summed E-state index contributed by atoms with van der Waals surface area (Å²) in [5.41, 5.74) is 5.61. The van der Waals surface area contributed by atoms with Crippen LogP contribution in [0.15, 0.2) is 16.2 Å². The van der Waals surface area contributed by atoms with E-state index >= 15 is 0 Å². The molecule has 33 heavy (non-hydrogen) atoms. The molecule has 0 unspecified atom stereocenters. The van der Waals surface area contributed by atoms with Crippen LogP contribution in [0, 0.1) is 5.82 Å². The predicted octanol–water partition coefficient (Wildman–Crippen LogP) is 2.38. The number of carbonyl (C=O) groups is 3. The molecular formula is C20H21FN4O6S2. The molecule has 1 amide bonds. The highest BCUT2D eigenvalue weighted by atomic mass is 32.1. The third kappa shape index (κ3) is 6.14. The van der Waals surface area contributed by atoms with Crippen LogP contribution in [0.4, 0.5) is 10.3 Å². The second-order valence-electron chi connectivity index (χ2n) is 7.29. The van der Waals surface area contributed by atoms with Crippen molar-refractivity contribution >= 4 is 56.7 Å². The number of nitrogens with zero attached hydrogens (tertiary/aromatic N) is 1. The van der Waals surface area contributed by atoms with E-state index in [4.69, 9.17) is 15.9 Å². The van der Waals surface area contributed by atoms with Gasteiger partial charge in [-0.3, -0.25) is 19.4 Å². The van der Waals surface area contributed by atoms with Crippen molar-refractivity contribution in [2.24, 2.45) is 0 Å². The van der Waals surface area contributed by atoms with E-state index < -0.39 is 36.1 Å². The van der Waals surface area contributed by atoms with Gasteiger partial charge in [0.15, 0.2) is 0 Å². The first-order chi connectivity index (χ1) is 15.7. The number of hydrogen-bond donors (Lipinski definition) is 5. The average molecular weight is 497 g/mol. The molecule has 3 rings (SSSR count). The largest absolute Gasteiger partial charge is 0.481 e. The Morgan fingerprint density at radius 2 is 1.97 bits per heavy atom. The van der Waals surface area contributed by atoms with Crippen molar-refractivity contribution in [3.63, 3.8) is 0 Å². The molecule has 176 valence electrons. The van der Waals surface area contributed by atoms with Crippen molar-refractivity contribution in [2.75, 3.05) is 5.73 Å². The first-order valence-electron chi connectivity index (χ1n) is 9.95. The number of aryl methyl sites for hydroxylation is 2. The molecule has 0 spiro atoms. The van der Waals surface area contributed by atoms with Crippen LogP contribution < -0.4 is 16.6 Å². The van der Waals surface area contributed by atoms with Crippen molar-refractivity contribution in [3.05, 3.63) is 42.9 Å². The fourth-order valence-corrected chi connectivity index (χ4v) is 5.15. The van der Waals surface area contributed by atoms with Crippen molar-refractivity contribution in [3.8, 4) is 0 Å². The Hall–Kier alpha value is -3.32. The van der Waals surface area contributed by atoms with Gasteiger partial charge in [0.2, 0.25) is 5.95 Å². The number of nitrogens with one attached hydrogen (secondary N) is 2. The van der Waals surface area contributed by atoms with Crippen molar-refractivity contribution in [2.45, 2.75) is 44.6 Å². The summed E-state index contributed by atoms with van der Waals surface area (Å²) in [6.45, 7) is 0. The normalized spacial score (nSPS) is 12.0. The number of aromatic amines is 1. The minimum absolute atomic E-state index is 0.0604. The second-order valence-corrected chi connectivity index (χ2v) is 9.29. The lowest BCUT2D eigenvalue weighted by Crippen LogP contribution is -2.41. The molecule has 10 nitrogen and oxygen atoms in total. The van der Waals surface area contributed by atoms with Crippen molar-refractivity contribution in [1.29, 1.82) is 0 Å². The monoisotopic (exact) mass is 496 g/mol. The number of amides is 1. The van der Waals surface area contributed by atoms with Crippen LogP contribution in [0.25, 0.3) is 10.2 Å². The third-order valence-corrected chi connectivity index (χ3v) is 6.94. The molecule has 0 radical (unpaired) electrons. The highest BCUT2D eigenvalue weighted by Crippen LogP contribution is 2.25. The Morgan fingerprint density at radius 1 is 1.24 bits per heavy atom. The molecule has 6 N–H and O–H groups in total. The van der Waals surface area contributed by atoms with Crippen LogP contribution >= 0.6 is 22.7 Å². The summed E-state index contributed by atoms with van der Waals surface area (Å²) in [5, 5.41) is 22.0. The van der Waals surface area contributed by atoms with Gasteiger partial charge < -0.3 is 21.3 Å². The standard InChI is InChI=1S/C20H21FN4O6S2/c21-14-9(8-32-15(14)17(29)23-12(19(30)31)5-6-13(26)27)3-1-2-4-10-7-11-16(28)24-20(22)25-18(11)33-10/h7-8,12H,1-6H2,(H,23,29)(H,26,27)(H,30,31)(H3,22,24,25,28)/t12-/m0/s1. The van der Waals surface area contributed by atoms with Crippen LogP contribution in [0.1, 0.15) is 45.8 Å². The van der Waals surface area contributed by atoms with E-state index in [0.29, 0.717) is 41.5 Å². The summed E-state index contributed by atoms with van der Waals surface area (Å²) in [5.74, 6) is -4.10. The van der Waals surface area contributed by atoms with Crippen LogP contribution in [0.5, 0.6) is 0 Å². The zero-order chi connectivity index (χ0) is 24.1. The predicted molar refractivity (Wildman–Crippen MR) is 121 cm³/mol. The Morgan fingerprint density at radius 3 is 2.67 bits per heavy atom. The molecule has 3 aromatic heterocycles. The van der Waals surface area contributed by atoms with Gasteiger partial charge in [0.1, 0.15) is 21.6 Å². The maximum atomic E-state index is 14.7. The highest BCUT2D eigenvalue weighted by Gasteiger charge is 2.25. The smallest absolute Gasteiger partial charge is 0.326 e.